The number of carbonyl (C=O) groups is 1. The molecule has 0 radical (unpaired) electrons. The summed E-state index contributed by atoms with van der Waals surface area (Å²) in [5, 5.41) is 4.09. The number of hydrogen-bond acceptors (Lipinski definition) is 6. The summed E-state index contributed by atoms with van der Waals surface area (Å²) in [6, 6.07) is 11.9. The first-order chi connectivity index (χ1) is 10.3. The van der Waals surface area contributed by atoms with E-state index in [0.717, 1.165) is 4.88 Å². The van der Waals surface area contributed by atoms with Crippen LogP contribution in [0, 0.1) is 0 Å². The SMILES string of the molecule is COC(=O)CNc1ccnc(-c2cc3ccccc3s2)n1. The highest BCUT2D eigenvalue weighted by Gasteiger charge is 2.08. The Hall–Kier alpha value is -2.47. The van der Waals surface area contributed by atoms with E-state index in [4.69, 9.17) is 0 Å². The number of esters is 1. The van der Waals surface area contributed by atoms with Crippen LogP contribution in [0.2, 0.25) is 0 Å². The molecule has 106 valence electrons. The van der Waals surface area contributed by atoms with Gasteiger partial charge in [0.25, 0.3) is 0 Å². The van der Waals surface area contributed by atoms with Crippen LogP contribution in [-0.4, -0.2) is 29.6 Å². The fourth-order valence-corrected chi connectivity index (χ4v) is 2.91. The van der Waals surface area contributed by atoms with E-state index in [1.54, 1.807) is 23.6 Å². The molecule has 1 aromatic carbocycles. The van der Waals surface area contributed by atoms with Crippen molar-refractivity contribution in [1.82, 2.24) is 9.97 Å². The second-order valence-corrected chi connectivity index (χ2v) is 5.43. The molecular formula is C15H13N3O2S. The summed E-state index contributed by atoms with van der Waals surface area (Å²) >= 11 is 1.64. The van der Waals surface area contributed by atoms with Crippen molar-refractivity contribution in [3.8, 4) is 10.7 Å². The average molecular weight is 299 g/mol. The molecule has 0 unspecified atom stereocenters. The van der Waals surface area contributed by atoms with Gasteiger partial charge >= 0.3 is 5.97 Å². The molecule has 0 saturated carbocycles. The normalized spacial score (nSPS) is 10.5. The minimum absolute atomic E-state index is 0.0827. The van der Waals surface area contributed by atoms with E-state index in [1.807, 2.05) is 12.1 Å². The molecule has 1 N–H and O–H groups in total. The predicted octanol–water partition coefficient (Wildman–Crippen LogP) is 2.94. The molecule has 3 rings (SSSR count). The summed E-state index contributed by atoms with van der Waals surface area (Å²) in [6.07, 6.45) is 1.67. The lowest BCUT2D eigenvalue weighted by molar-refractivity contribution is -0.138. The third-order valence-corrected chi connectivity index (χ3v) is 4.06. The number of anilines is 1. The molecular weight excluding hydrogens is 286 g/mol. The Morgan fingerprint density at radius 1 is 1.33 bits per heavy atom. The van der Waals surface area contributed by atoms with E-state index in [2.05, 4.69) is 38.2 Å². The molecule has 2 aromatic heterocycles. The molecule has 0 atom stereocenters. The Balaban J connectivity index is 1.86. The molecule has 0 aliphatic rings. The van der Waals surface area contributed by atoms with Gasteiger partial charge in [-0.3, -0.25) is 4.79 Å². The molecule has 3 aromatic rings. The maximum absolute atomic E-state index is 11.1. The van der Waals surface area contributed by atoms with E-state index in [9.17, 15) is 4.79 Å². The molecule has 6 heteroatoms. The zero-order chi connectivity index (χ0) is 14.7. The van der Waals surface area contributed by atoms with Crippen molar-refractivity contribution >= 4 is 33.2 Å². The van der Waals surface area contributed by atoms with Crippen molar-refractivity contribution in [2.45, 2.75) is 0 Å². The standard InChI is InChI=1S/C15H13N3O2S/c1-20-14(19)9-17-13-6-7-16-15(18-13)12-8-10-4-2-3-5-11(10)21-12/h2-8H,9H2,1H3,(H,16,17,18). The lowest BCUT2D eigenvalue weighted by atomic mass is 10.2. The van der Waals surface area contributed by atoms with Crippen molar-refractivity contribution in [1.29, 1.82) is 0 Å². The Labute approximate surface area is 125 Å². The predicted molar refractivity (Wildman–Crippen MR) is 83.4 cm³/mol. The summed E-state index contributed by atoms with van der Waals surface area (Å²) in [6.45, 7) is 0.0827. The van der Waals surface area contributed by atoms with Crippen LogP contribution < -0.4 is 5.32 Å². The number of carbonyl (C=O) groups excluding carboxylic acids is 1. The van der Waals surface area contributed by atoms with Crippen LogP contribution in [0.5, 0.6) is 0 Å². The van der Waals surface area contributed by atoms with Gasteiger partial charge in [0.2, 0.25) is 0 Å². The first kappa shape index (κ1) is 13.5. The van der Waals surface area contributed by atoms with E-state index < -0.39 is 0 Å². The highest BCUT2D eigenvalue weighted by molar-refractivity contribution is 7.22. The minimum Gasteiger partial charge on any atom is -0.468 e. The zero-order valence-corrected chi connectivity index (χ0v) is 12.2. The van der Waals surface area contributed by atoms with Crippen molar-refractivity contribution in [3.63, 3.8) is 0 Å². The van der Waals surface area contributed by atoms with Gasteiger partial charge in [-0.15, -0.1) is 11.3 Å². The van der Waals surface area contributed by atoms with Gasteiger partial charge in [0.1, 0.15) is 12.4 Å². The van der Waals surface area contributed by atoms with Gasteiger partial charge in [0.15, 0.2) is 5.82 Å². The summed E-state index contributed by atoms with van der Waals surface area (Å²) in [5.74, 6) is 0.908. The maximum atomic E-state index is 11.1. The number of benzene rings is 1. The Kier molecular flexibility index (Phi) is 3.79. The molecule has 0 aliphatic carbocycles. The highest BCUT2D eigenvalue weighted by atomic mass is 32.1. The maximum Gasteiger partial charge on any atom is 0.325 e. The first-order valence-corrected chi connectivity index (χ1v) is 7.20. The minimum atomic E-state index is -0.336. The fourth-order valence-electron chi connectivity index (χ4n) is 1.90. The number of thiophene rings is 1. The van der Waals surface area contributed by atoms with Crippen molar-refractivity contribution in [3.05, 3.63) is 42.6 Å². The van der Waals surface area contributed by atoms with E-state index in [1.165, 1.54) is 17.2 Å². The Morgan fingerprint density at radius 2 is 2.19 bits per heavy atom. The highest BCUT2D eigenvalue weighted by Crippen LogP contribution is 2.31. The molecule has 0 spiro atoms. The van der Waals surface area contributed by atoms with Crippen LogP contribution in [0.25, 0.3) is 20.8 Å². The fraction of sp³-hybridized carbons (Fsp3) is 0.133. The van der Waals surface area contributed by atoms with Gasteiger partial charge in [0, 0.05) is 10.9 Å². The molecule has 21 heavy (non-hydrogen) atoms. The van der Waals surface area contributed by atoms with Gasteiger partial charge in [-0.25, -0.2) is 9.97 Å². The number of rotatable bonds is 4. The van der Waals surface area contributed by atoms with Gasteiger partial charge < -0.3 is 10.1 Å². The van der Waals surface area contributed by atoms with E-state index in [-0.39, 0.29) is 12.5 Å². The molecule has 5 nitrogen and oxygen atoms in total. The third-order valence-electron chi connectivity index (χ3n) is 2.94. The largest absolute Gasteiger partial charge is 0.468 e. The lowest BCUT2D eigenvalue weighted by Crippen LogP contribution is -2.15. The Morgan fingerprint density at radius 3 is 3.00 bits per heavy atom. The number of nitrogens with one attached hydrogen (secondary N) is 1. The van der Waals surface area contributed by atoms with E-state index in [0.29, 0.717) is 11.6 Å². The summed E-state index contributed by atoms with van der Waals surface area (Å²) < 4.78 is 5.78. The first-order valence-electron chi connectivity index (χ1n) is 6.39. The van der Waals surface area contributed by atoms with Crippen LogP contribution in [-0.2, 0) is 9.53 Å². The van der Waals surface area contributed by atoms with Crippen LogP contribution in [0.15, 0.2) is 42.6 Å². The van der Waals surface area contributed by atoms with Crippen molar-refractivity contribution < 1.29 is 9.53 Å². The van der Waals surface area contributed by atoms with Gasteiger partial charge in [-0.2, -0.15) is 0 Å². The van der Waals surface area contributed by atoms with Crippen molar-refractivity contribution in [2.75, 3.05) is 19.0 Å². The molecule has 0 aliphatic heterocycles. The second-order valence-electron chi connectivity index (χ2n) is 4.34. The van der Waals surface area contributed by atoms with Crippen LogP contribution in [0.4, 0.5) is 5.82 Å². The van der Waals surface area contributed by atoms with Crippen LogP contribution in [0.1, 0.15) is 0 Å². The number of fused-ring (bicyclic) bond motifs is 1. The number of ether oxygens (including phenoxy) is 1. The molecule has 0 bridgehead atoms. The Bertz CT molecular complexity index is 752. The number of nitrogens with zero attached hydrogens (tertiary/aromatic N) is 2. The second kappa shape index (κ2) is 5.88. The lowest BCUT2D eigenvalue weighted by Gasteiger charge is -2.04. The summed E-state index contributed by atoms with van der Waals surface area (Å²) in [7, 11) is 1.35. The topological polar surface area (TPSA) is 64.1 Å². The summed E-state index contributed by atoms with van der Waals surface area (Å²) in [5.41, 5.74) is 0. The van der Waals surface area contributed by atoms with E-state index >= 15 is 0 Å². The quantitative estimate of drug-likeness (QED) is 0.750. The monoisotopic (exact) mass is 299 g/mol. The van der Waals surface area contributed by atoms with Gasteiger partial charge in [0.05, 0.1) is 12.0 Å². The number of hydrogen-bond donors (Lipinski definition) is 1. The zero-order valence-electron chi connectivity index (χ0n) is 11.4. The van der Waals surface area contributed by atoms with Crippen molar-refractivity contribution in [2.24, 2.45) is 0 Å². The van der Waals surface area contributed by atoms with Crippen LogP contribution >= 0.6 is 11.3 Å². The number of aromatic nitrogens is 2. The summed E-state index contributed by atoms with van der Waals surface area (Å²) in [4.78, 5) is 20.8. The molecule has 0 saturated heterocycles. The molecule has 0 fully saturated rings. The van der Waals surface area contributed by atoms with Gasteiger partial charge in [-0.1, -0.05) is 18.2 Å². The average Bonchev–Trinajstić information content (AvgIpc) is 2.97. The molecule has 0 amide bonds. The molecule has 2 heterocycles. The smallest absolute Gasteiger partial charge is 0.325 e. The van der Waals surface area contributed by atoms with Crippen LogP contribution in [0.3, 0.4) is 0 Å². The number of methoxy groups -OCH3 is 1. The van der Waals surface area contributed by atoms with Gasteiger partial charge in [-0.05, 0) is 23.6 Å². The third kappa shape index (κ3) is 3.00.